The first-order valence-electron chi connectivity index (χ1n) is 9.67. The lowest BCUT2D eigenvalue weighted by molar-refractivity contribution is -0.384. The Bertz CT molecular complexity index is 1360. The number of hydrogen-bond donors (Lipinski definition) is 0. The molecular weight excluding hydrogens is 410 g/mol. The van der Waals surface area contributed by atoms with Gasteiger partial charge in [0.1, 0.15) is 0 Å². The van der Waals surface area contributed by atoms with Gasteiger partial charge in [0.2, 0.25) is 0 Å². The maximum Gasteiger partial charge on any atom is 0.269 e. The summed E-state index contributed by atoms with van der Waals surface area (Å²) < 4.78 is 2.16. The van der Waals surface area contributed by atoms with Crippen molar-refractivity contribution >= 4 is 39.8 Å². The number of para-hydroxylation sites is 1. The fraction of sp³-hybridized carbons (Fsp3) is 0.0800. The van der Waals surface area contributed by atoms with Gasteiger partial charge in [0.15, 0.2) is 0 Å². The third-order valence-corrected chi connectivity index (χ3v) is 5.67. The minimum atomic E-state index is -0.402. The Morgan fingerprint density at radius 1 is 1.10 bits per heavy atom. The second-order valence-electron chi connectivity index (χ2n) is 7.18. The summed E-state index contributed by atoms with van der Waals surface area (Å²) in [6.45, 7) is 2.57. The van der Waals surface area contributed by atoms with Crippen LogP contribution in [0.2, 0.25) is 5.02 Å². The average molecular weight is 428 g/mol. The molecule has 152 valence electrons. The molecule has 6 heteroatoms. The van der Waals surface area contributed by atoms with Crippen LogP contribution in [0, 0.1) is 28.4 Å². The van der Waals surface area contributed by atoms with Crippen molar-refractivity contribution in [3.05, 3.63) is 110 Å². The number of nitrogens with zero attached hydrogens (tertiary/aromatic N) is 3. The van der Waals surface area contributed by atoms with Gasteiger partial charge in [-0.25, -0.2) is 0 Å². The van der Waals surface area contributed by atoms with E-state index in [1.807, 2.05) is 55.5 Å². The van der Waals surface area contributed by atoms with Gasteiger partial charge in [-0.05, 0) is 30.7 Å². The Hall–Kier alpha value is -3.88. The Morgan fingerprint density at radius 3 is 2.45 bits per heavy atom. The maximum atomic E-state index is 10.9. The summed E-state index contributed by atoms with van der Waals surface area (Å²) in [6.07, 6.45) is 1.88. The fourth-order valence-corrected chi connectivity index (χ4v) is 3.98. The monoisotopic (exact) mass is 427 g/mol. The molecule has 0 spiro atoms. The Balaban J connectivity index is 1.83. The van der Waals surface area contributed by atoms with Crippen molar-refractivity contribution in [2.24, 2.45) is 0 Å². The van der Waals surface area contributed by atoms with E-state index in [-0.39, 0.29) is 5.69 Å². The normalized spacial score (nSPS) is 11.5. The van der Waals surface area contributed by atoms with E-state index in [4.69, 9.17) is 11.6 Å². The lowest BCUT2D eigenvalue weighted by atomic mass is 10.0. The van der Waals surface area contributed by atoms with Crippen molar-refractivity contribution < 1.29 is 4.92 Å². The van der Waals surface area contributed by atoms with Crippen LogP contribution in [-0.2, 0) is 6.54 Å². The van der Waals surface area contributed by atoms with Crippen LogP contribution in [0.1, 0.15) is 22.4 Å². The molecule has 0 saturated heterocycles. The van der Waals surface area contributed by atoms with E-state index in [0.29, 0.717) is 22.7 Å². The molecular formula is C25H18ClN3O2. The summed E-state index contributed by atoms with van der Waals surface area (Å²) in [5, 5.41) is 22.3. The smallest absolute Gasteiger partial charge is 0.269 e. The van der Waals surface area contributed by atoms with E-state index in [0.717, 1.165) is 27.7 Å². The summed E-state index contributed by atoms with van der Waals surface area (Å²) in [5.41, 5.74) is 5.19. The van der Waals surface area contributed by atoms with Crippen molar-refractivity contribution in [3.63, 3.8) is 0 Å². The van der Waals surface area contributed by atoms with Crippen LogP contribution < -0.4 is 0 Å². The standard InChI is InChI=1S/C25H18ClN3O2/c1-17-23(14-19(15-27)21-6-2-4-8-24(21)26)22-7-3-5-9-25(22)28(17)16-18-10-12-20(13-11-18)29(30)31/h2-14H,16H2,1H3. The molecule has 0 saturated carbocycles. The predicted octanol–water partition coefficient (Wildman–Crippen LogP) is 6.62. The van der Waals surface area contributed by atoms with Crippen LogP contribution in [0.15, 0.2) is 72.8 Å². The number of nitro groups is 1. The van der Waals surface area contributed by atoms with Gasteiger partial charge in [-0.3, -0.25) is 10.1 Å². The van der Waals surface area contributed by atoms with Crippen molar-refractivity contribution in [1.82, 2.24) is 4.57 Å². The van der Waals surface area contributed by atoms with Crippen LogP contribution in [0.25, 0.3) is 22.6 Å². The minimum Gasteiger partial charge on any atom is -0.340 e. The summed E-state index contributed by atoms with van der Waals surface area (Å²) >= 11 is 6.32. The number of halogens is 1. The van der Waals surface area contributed by atoms with E-state index in [1.54, 1.807) is 18.2 Å². The number of nitriles is 1. The molecule has 4 aromatic rings. The van der Waals surface area contributed by atoms with Crippen LogP contribution in [0.5, 0.6) is 0 Å². The molecule has 1 heterocycles. The highest BCUT2D eigenvalue weighted by molar-refractivity contribution is 6.32. The molecule has 0 fully saturated rings. The molecule has 0 N–H and O–H groups in total. The SMILES string of the molecule is Cc1c(C=C(C#N)c2ccccc2Cl)c2ccccc2n1Cc1ccc([N+](=O)[O-])cc1. The van der Waals surface area contributed by atoms with Gasteiger partial charge in [0, 0.05) is 51.4 Å². The molecule has 1 aromatic heterocycles. The largest absolute Gasteiger partial charge is 0.340 e. The summed E-state index contributed by atoms with van der Waals surface area (Å²) in [5.74, 6) is 0. The Kier molecular flexibility index (Phi) is 5.57. The molecule has 0 amide bonds. The van der Waals surface area contributed by atoms with E-state index in [1.165, 1.54) is 12.1 Å². The molecule has 0 aliphatic carbocycles. The number of rotatable bonds is 5. The second kappa shape index (κ2) is 8.47. The van der Waals surface area contributed by atoms with Crippen LogP contribution in [0.4, 0.5) is 5.69 Å². The van der Waals surface area contributed by atoms with Crippen molar-refractivity contribution in [3.8, 4) is 6.07 Å². The number of nitro benzene ring substituents is 1. The Labute approximate surface area is 184 Å². The number of benzene rings is 3. The third kappa shape index (κ3) is 3.94. The zero-order chi connectivity index (χ0) is 22.0. The molecule has 0 atom stereocenters. The van der Waals surface area contributed by atoms with Crippen molar-refractivity contribution in [2.45, 2.75) is 13.5 Å². The van der Waals surface area contributed by atoms with Crippen molar-refractivity contribution in [1.29, 1.82) is 5.26 Å². The molecule has 0 aliphatic rings. The summed E-state index contributed by atoms with van der Waals surface area (Å²) in [7, 11) is 0. The average Bonchev–Trinajstić information content (AvgIpc) is 3.04. The first-order chi connectivity index (χ1) is 15.0. The first kappa shape index (κ1) is 20.4. The van der Waals surface area contributed by atoms with E-state index < -0.39 is 4.92 Å². The quantitative estimate of drug-likeness (QED) is 0.204. The molecule has 0 unspecified atom stereocenters. The number of allylic oxidation sites excluding steroid dienone is 1. The number of aromatic nitrogens is 1. The fourth-order valence-electron chi connectivity index (χ4n) is 3.74. The molecule has 0 bridgehead atoms. The summed E-state index contributed by atoms with van der Waals surface area (Å²) in [4.78, 5) is 10.5. The lowest BCUT2D eigenvalue weighted by Gasteiger charge is -2.09. The maximum absolute atomic E-state index is 10.9. The molecule has 3 aromatic carbocycles. The van der Waals surface area contributed by atoms with Crippen LogP contribution in [-0.4, -0.2) is 9.49 Å². The van der Waals surface area contributed by atoms with Gasteiger partial charge >= 0.3 is 0 Å². The molecule has 0 aliphatic heterocycles. The number of hydrogen-bond acceptors (Lipinski definition) is 3. The summed E-state index contributed by atoms with van der Waals surface area (Å²) in [6, 6.07) is 24.2. The molecule has 31 heavy (non-hydrogen) atoms. The minimum absolute atomic E-state index is 0.0693. The van der Waals surface area contributed by atoms with Gasteiger partial charge in [0.05, 0.1) is 16.6 Å². The lowest BCUT2D eigenvalue weighted by Crippen LogP contribution is -2.02. The third-order valence-electron chi connectivity index (χ3n) is 5.34. The number of fused-ring (bicyclic) bond motifs is 1. The molecule has 4 rings (SSSR count). The van der Waals surface area contributed by atoms with E-state index in [9.17, 15) is 15.4 Å². The van der Waals surface area contributed by atoms with Gasteiger partial charge in [-0.2, -0.15) is 5.26 Å². The highest BCUT2D eigenvalue weighted by Crippen LogP contribution is 2.32. The topological polar surface area (TPSA) is 71.9 Å². The van der Waals surface area contributed by atoms with E-state index in [2.05, 4.69) is 10.6 Å². The second-order valence-corrected chi connectivity index (χ2v) is 7.58. The van der Waals surface area contributed by atoms with Crippen molar-refractivity contribution in [2.75, 3.05) is 0 Å². The van der Waals surface area contributed by atoms with Gasteiger partial charge in [-0.1, -0.05) is 60.1 Å². The highest BCUT2D eigenvalue weighted by atomic mass is 35.5. The highest BCUT2D eigenvalue weighted by Gasteiger charge is 2.15. The predicted molar refractivity (Wildman–Crippen MR) is 124 cm³/mol. The zero-order valence-electron chi connectivity index (χ0n) is 16.7. The number of non-ortho nitro benzene ring substituents is 1. The Morgan fingerprint density at radius 2 is 1.77 bits per heavy atom. The zero-order valence-corrected chi connectivity index (χ0v) is 17.5. The van der Waals surface area contributed by atoms with E-state index >= 15 is 0 Å². The van der Waals surface area contributed by atoms with Crippen LogP contribution in [0.3, 0.4) is 0 Å². The molecule has 0 radical (unpaired) electrons. The van der Waals surface area contributed by atoms with Gasteiger partial charge < -0.3 is 4.57 Å². The molecule has 5 nitrogen and oxygen atoms in total. The first-order valence-corrected chi connectivity index (χ1v) is 10.0. The van der Waals surface area contributed by atoms with Gasteiger partial charge in [-0.15, -0.1) is 0 Å². The van der Waals surface area contributed by atoms with Crippen LogP contribution >= 0.6 is 11.6 Å². The van der Waals surface area contributed by atoms with Gasteiger partial charge in [0.25, 0.3) is 5.69 Å².